The molecule has 32 heavy (non-hydrogen) atoms. The molecule has 4 nitrogen and oxygen atoms in total. The van der Waals surface area contributed by atoms with Gasteiger partial charge in [-0.15, -0.1) is 0 Å². The quantitative estimate of drug-likeness (QED) is 0.619. The Balaban J connectivity index is 1.56. The van der Waals surface area contributed by atoms with E-state index in [-0.39, 0.29) is 23.4 Å². The topological polar surface area (TPSA) is 58.9 Å². The first kappa shape index (κ1) is 21.3. The van der Waals surface area contributed by atoms with E-state index in [1.54, 1.807) is 0 Å². The number of benzene rings is 1. The smallest absolute Gasteiger partial charge is 0.199 e. The molecule has 8 atom stereocenters. The molecule has 2 saturated heterocycles. The highest BCUT2D eigenvalue weighted by Gasteiger charge is 2.74. The van der Waals surface area contributed by atoms with Crippen LogP contribution in [0.5, 0.6) is 0 Å². The molecule has 0 radical (unpaired) electrons. The van der Waals surface area contributed by atoms with Gasteiger partial charge in [0.1, 0.15) is 11.7 Å². The molecule has 1 spiro atoms. The van der Waals surface area contributed by atoms with Crippen LogP contribution in [0.3, 0.4) is 0 Å². The summed E-state index contributed by atoms with van der Waals surface area (Å²) in [4.78, 5) is 0. The van der Waals surface area contributed by atoms with Crippen LogP contribution in [0.4, 0.5) is 0 Å². The number of ether oxygens (including phenoxy) is 2. The van der Waals surface area contributed by atoms with Crippen LogP contribution < -0.4 is 0 Å². The second kappa shape index (κ2) is 6.27. The Kier molecular flexibility index (Phi) is 4.18. The number of aliphatic hydroxyl groups is 2. The minimum Gasteiger partial charge on any atom is -0.393 e. The van der Waals surface area contributed by atoms with Gasteiger partial charge in [0.05, 0.1) is 11.7 Å². The lowest BCUT2D eigenvalue weighted by molar-refractivity contribution is -0.382. The SMILES string of the molecule is Cc1c2c(cc3c1C[C@@H](O)CC3)C13CCC([C@H](C)[C@]4(OC(C)(C)[C@@H](C)[C@H]4O)O1)[C@]3(C)C=C2. The monoisotopic (exact) mass is 438 g/mol. The van der Waals surface area contributed by atoms with Crippen molar-refractivity contribution in [1.82, 2.24) is 0 Å². The first-order valence-corrected chi connectivity index (χ1v) is 12.6. The average molecular weight is 439 g/mol. The highest BCUT2D eigenvalue weighted by atomic mass is 16.7. The van der Waals surface area contributed by atoms with Crippen molar-refractivity contribution in [3.8, 4) is 0 Å². The summed E-state index contributed by atoms with van der Waals surface area (Å²) in [6.45, 7) is 13.1. The van der Waals surface area contributed by atoms with Gasteiger partial charge in [0.2, 0.25) is 0 Å². The Bertz CT molecular complexity index is 1030. The Morgan fingerprint density at radius 3 is 2.47 bits per heavy atom. The summed E-state index contributed by atoms with van der Waals surface area (Å²) in [5.41, 5.74) is 5.42. The predicted octanol–water partition coefficient (Wildman–Crippen LogP) is 4.65. The molecular formula is C28H38O4. The van der Waals surface area contributed by atoms with Gasteiger partial charge < -0.3 is 19.7 Å². The molecule has 3 fully saturated rings. The molecule has 1 aromatic rings. The van der Waals surface area contributed by atoms with Gasteiger partial charge >= 0.3 is 0 Å². The van der Waals surface area contributed by atoms with Crippen molar-refractivity contribution in [3.63, 3.8) is 0 Å². The Morgan fingerprint density at radius 1 is 1.03 bits per heavy atom. The maximum absolute atomic E-state index is 11.5. The third kappa shape index (κ3) is 2.28. The fraction of sp³-hybridized carbons (Fsp3) is 0.714. The zero-order chi connectivity index (χ0) is 22.8. The van der Waals surface area contributed by atoms with Crippen molar-refractivity contribution in [2.24, 2.45) is 23.2 Å². The lowest BCUT2D eigenvalue weighted by Crippen LogP contribution is -2.64. The first-order chi connectivity index (χ1) is 15.0. The molecule has 5 aliphatic rings. The molecule has 3 aliphatic carbocycles. The third-order valence-electron chi connectivity index (χ3n) is 10.5. The van der Waals surface area contributed by atoms with Crippen molar-refractivity contribution in [2.75, 3.05) is 0 Å². The van der Waals surface area contributed by atoms with Crippen molar-refractivity contribution in [1.29, 1.82) is 0 Å². The van der Waals surface area contributed by atoms with E-state index >= 15 is 0 Å². The molecule has 1 aromatic carbocycles. The Morgan fingerprint density at radius 2 is 1.78 bits per heavy atom. The maximum Gasteiger partial charge on any atom is 0.199 e. The number of hydrogen-bond donors (Lipinski definition) is 2. The maximum atomic E-state index is 11.5. The number of aliphatic hydroxyl groups excluding tert-OH is 2. The summed E-state index contributed by atoms with van der Waals surface area (Å²) in [6, 6.07) is 2.38. The van der Waals surface area contributed by atoms with Crippen LogP contribution >= 0.6 is 0 Å². The highest BCUT2D eigenvalue weighted by molar-refractivity contribution is 5.68. The van der Waals surface area contributed by atoms with Crippen LogP contribution in [0.15, 0.2) is 12.1 Å². The van der Waals surface area contributed by atoms with Crippen LogP contribution in [0, 0.1) is 30.1 Å². The van der Waals surface area contributed by atoms with Crippen LogP contribution in [-0.4, -0.2) is 33.8 Å². The standard InChI is InChI=1S/C28H38O4/c1-15-20-9-11-26(6)22-10-12-27(26,23(20)13-18-7-8-19(29)14-21(15)18)32-28(16(22)2)24(30)17(3)25(4,5)31-28/h9,11,13,16-17,19,22,24,29-30H,7-8,10,12,14H2,1-6H3/t16-,17-,19-,22?,24+,26-,27?,28-/m0/s1. The summed E-state index contributed by atoms with van der Waals surface area (Å²) in [5.74, 6) is -0.501. The van der Waals surface area contributed by atoms with Crippen molar-refractivity contribution in [2.45, 2.75) is 103 Å². The number of rotatable bonds is 0. The average Bonchev–Trinajstić information content (AvgIpc) is 3.06. The number of aryl methyl sites for hydroxylation is 1. The van der Waals surface area contributed by atoms with Crippen molar-refractivity contribution >= 4 is 6.08 Å². The molecule has 2 N–H and O–H groups in total. The highest BCUT2D eigenvalue weighted by Crippen LogP contribution is 2.71. The fourth-order valence-electron chi connectivity index (χ4n) is 8.19. The summed E-state index contributed by atoms with van der Waals surface area (Å²) in [6.07, 6.45) is 8.31. The first-order valence-electron chi connectivity index (χ1n) is 12.6. The number of fused-ring (bicyclic) bond motifs is 2. The van der Waals surface area contributed by atoms with E-state index in [0.29, 0.717) is 5.92 Å². The molecule has 4 heteroatoms. The van der Waals surface area contributed by atoms with Gasteiger partial charge in [-0.05, 0) is 86.6 Å². The molecule has 0 amide bonds. The Labute approximate surface area is 192 Å². The van der Waals surface area contributed by atoms with Gasteiger partial charge in [0, 0.05) is 17.3 Å². The summed E-state index contributed by atoms with van der Waals surface area (Å²) in [7, 11) is 0. The second-order valence-electron chi connectivity index (χ2n) is 12.1. The lowest BCUT2D eigenvalue weighted by atomic mass is 9.57. The van der Waals surface area contributed by atoms with E-state index < -0.39 is 23.1 Å². The molecular weight excluding hydrogens is 400 g/mol. The molecule has 174 valence electrons. The van der Waals surface area contributed by atoms with E-state index in [0.717, 1.165) is 32.1 Å². The summed E-state index contributed by atoms with van der Waals surface area (Å²) in [5, 5.41) is 21.8. The van der Waals surface area contributed by atoms with Crippen molar-refractivity contribution in [3.05, 3.63) is 40.0 Å². The van der Waals surface area contributed by atoms with Gasteiger partial charge in [-0.25, -0.2) is 0 Å². The molecule has 6 rings (SSSR count). The van der Waals surface area contributed by atoms with Crippen LogP contribution in [-0.2, 0) is 27.9 Å². The zero-order valence-corrected chi connectivity index (χ0v) is 20.4. The second-order valence-corrected chi connectivity index (χ2v) is 12.1. The minimum absolute atomic E-state index is 0.00420. The van der Waals surface area contributed by atoms with E-state index in [9.17, 15) is 10.2 Å². The van der Waals surface area contributed by atoms with Gasteiger partial charge in [-0.2, -0.15) is 0 Å². The summed E-state index contributed by atoms with van der Waals surface area (Å²) < 4.78 is 14.0. The molecule has 1 saturated carbocycles. The van der Waals surface area contributed by atoms with Crippen LogP contribution in [0.2, 0.25) is 0 Å². The van der Waals surface area contributed by atoms with Gasteiger partial charge in [0.25, 0.3) is 0 Å². The van der Waals surface area contributed by atoms with Gasteiger partial charge in [-0.1, -0.05) is 39.0 Å². The molecule has 2 heterocycles. The lowest BCUT2D eigenvalue weighted by Gasteiger charge is -2.60. The van der Waals surface area contributed by atoms with Crippen LogP contribution in [0.1, 0.15) is 81.7 Å². The Hall–Kier alpha value is -1.20. The molecule has 0 aromatic heterocycles. The number of hydrogen-bond acceptors (Lipinski definition) is 4. The largest absolute Gasteiger partial charge is 0.393 e. The molecule has 2 unspecified atom stereocenters. The van der Waals surface area contributed by atoms with Crippen LogP contribution in [0.25, 0.3) is 6.08 Å². The van der Waals surface area contributed by atoms with E-state index in [4.69, 9.17) is 9.47 Å². The normalized spacial score (nSPS) is 47.9. The van der Waals surface area contributed by atoms with Gasteiger partial charge in [0.15, 0.2) is 5.79 Å². The third-order valence-corrected chi connectivity index (χ3v) is 10.5. The van der Waals surface area contributed by atoms with E-state index in [2.05, 4.69) is 59.8 Å². The van der Waals surface area contributed by atoms with Crippen molar-refractivity contribution < 1.29 is 19.7 Å². The summed E-state index contributed by atoms with van der Waals surface area (Å²) >= 11 is 0. The minimum atomic E-state index is -0.980. The zero-order valence-electron chi connectivity index (χ0n) is 20.4. The van der Waals surface area contributed by atoms with Gasteiger partial charge in [-0.3, -0.25) is 0 Å². The predicted molar refractivity (Wildman–Crippen MR) is 124 cm³/mol. The molecule has 2 aliphatic heterocycles. The fourth-order valence-corrected chi connectivity index (χ4v) is 8.19. The van der Waals surface area contributed by atoms with E-state index in [1.165, 1.54) is 27.8 Å². The molecule has 2 bridgehead atoms. The van der Waals surface area contributed by atoms with E-state index in [1.807, 2.05) is 0 Å².